The van der Waals surface area contributed by atoms with Crippen molar-refractivity contribution in [2.45, 2.75) is 64.7 Å². The number of benzene rings is 1. The van der Waals surface area contributed by atoms with E-state index in [1.807, 2.05) is 19.1 Å². The zero-order chi connectivity index (χ0) is 17.7. The summed E-state index contributed by atoms with van der Waals surface area (Å²) in [7, 11) is 0. The van der Waals surface area contributed by atoms with Crippen molar-refractivity contribution >= 4 is 5.78 Å². The molecule has 2 nitrogen and oxygen atoms in total. The Kier molecular flexibility index (Phi) is 5.63. The van der Waals surface area contributed by atoms with E-state index in [1.165, 1.54) is 17.6 Å². The summed E-state index contributed by atoms with van der Waals surface area (Å²) in [5.74, 6) is 7.91. The molecule has 0 heterocycles. The van der Waals surface area contributed by atoms with Crippen LogP contribution in [-0.2, 0) is 4.79 Å². The van der Waals surface area contributed by atoms with Gasteiger partial charge in [-0.05, 0) is 67.7 Å². The lowest BCUT2D eigenvalue weighted by atomic mass is 9.75. The minimum atomic E-state index is 0.144. The van der Waals surface area contributed by atoms with Gasteiger partial charge in [-0.1, -0.05) is 31.1 Å². The number of allylic oxidation sites excluding steroid dienone is 1. The highest BCUT2D eigenvalue weighted by molar-refractivity contribution is 5.82. The van der Waals surface area contributed by atoms with Crippen molar-refractivity contribution in [3.05, 3.63) is 41.5 Å². The van der Waals surface area contributed by atoms with Gasteiger partial charge in [0, 0.05) is 18.8 Å². The van der Waals surface area contributed by atoms with Crippen LogP contribution in [0.1, 0.15) is 70.3 Å². The Bertz CT molecular complexity index is 702. The van der Waals surface area contributed by atoms with Gasteiger partial charge in [-0.3, -0.25) is 4.79 Å². The molecule has 1 aromatic rings. The first-order valence-electron chi connectivity index (χ1n) is 9.51. The van der Waals surface area contributed by atoms with Gasteiger partial charge >= 0.3 is 0 Å². The summed E-state index contributed by atoms with van der Waals surface area (Å²) in [4.78, 5) is 11.7. The monoisotopic (exact) mass is 336 g/mol. The van der Waals surface area contributed by atoms with Gasteiger partial charge in [0.05, 0.1) is 0 Å². The zero-order valence-corrected chi connectivity index (χ0v) is 15.4. The third kappa shape index (κ3) is 4.34. The number of ketones is 1. The van der Waals surface area contributed by atoms with E-state index in [-0.39, 0.29) is 5.41 Å². The van der Waals surface area contributed by atoms with E-state index in [0.29, 0.717) is 18.3 Å². The van der Waals surface area contributed by atoms with Gasteiger partial charge in [0.15, 0.2) is 0 Å². The molecule has 0 bridgehead atoms. The topological polar surface area (TPSA) is 26.3 Å². The van der Waals surface area contributed by atoms with E-state index < -0.39 is 0 Å². The Balaban J connectivity index is 1.61. The molecule has 2 aliphatic carbocycles. The van der Waals surface area contributed by atoms with Crippen molar-refractivity contribution in [2.24, 2.45) is 5.41 Å². The second-order valence-electron chi connectivity index (χ2n) is 7.45. The third-order valence-corrected chi connectivity index (χ3v) is 5.57. The van der Waals surface area contributed by atoms with Crippen LogP contribution in [-0.4, -0.2) is 12.4 Å². The van der Waals surface area contributed by atoms with Crippen LogP contribution in [0.15, 0.2) is 35.9 Å². The van der Waals surface area contributed by atoms with Gasteiger partial charge in [-0.15, -0.1) is 5.92 Å². The predicted molar refractivity (Wildman–Crippen MR) is 102 cm³/mol. The molecule has 2 heteroatoms. The fourth-order valence-electron chi connectivity index (χ4n) is 4.22. The van der Waals surface area contributed by atoms with Crippen molar-refractivity contribution in [2.75, 3.05) is 6.61 Å². The minimum Gasteiger partial charge on any atom is -0.489 e. The van der Waals surface area contributed by atoms with E-state index in [1.54, 1.807) is 0 Å². The first kappa shape index (κ1) is 17.8. The van der Waals surface area contributed by atoms with E-state index in [4.69, 9.17) is 4.74 Å². The van der Waals surface area contributed by atoms with Crippen LogP contribution in [0, 0.1) is 17.3 Å². The van der Waals surface area contributed by atoms with E-state index in [0.717, 1.165) is 44.3 Å². The number of carbonyl (C=O) groups excluding carboxylic acids is 1. The Morgan fingerprint density at radius 2 is 2.00 bits per heavy atom. The Hall–Kier alpha value is -2.01. The molecule has 0 aromatic heterocycles. The smallest absolute Gasteiger partial charge is 0.133 e. The van der Waals surface area contributed by atoms with Gasteiger partial charge in [0.25, 0.3) is 0 Å². The molecule has 0 saturated heterocycles. The van der Waals surface area contributed by atoms with Crippen LogP contribution in [0.25, 0.3) is 0 Å². The molecule has 132 valence electrons. The predicted octanol–water partition coefficient (Wildman–Crippen LogP) is 5.43. The average Bonchev–Trinajstić information content (AvgIpc) is 2.98. The molecule has 1 fully saturated rings. The Morgan fingerprint density at radius 3 is 2.64 bits per heavy atom. The molecule has 0 aliphatic heterocycles. The summed E-state index contributed by atoms with van der Waals surface area (Å²) in [5, 5.41) is 0. The highest BCUT2D eigenvalue weighted by Crippen LogP contribution is 2.45. The molecule has 0 N–H and O–H groups in total. The summed E-state index contributed by atoms with van der Waals surface area (Å²) in [6.07, 6.45) is 9.34. The Morgan fingerprint density at radius 1 is 1.20 bits per heavy atom. The highest BCUT2D eigenvalue weighted by Gasteiger charge is 2.38. The molecule has 25 heavy (non-hydrogen) atoms. The van der Waals surface area contributed by atoms with Crippen molar-refractivity contribution in [1.82, 2.24) is 0 Å². The lowest BCUT2D eigenvalue weighted by Gasteiger charge is -2.30. The molecule has 0 amide bonds. The number of rotatable bonds is 5. The van der Waals surface area contributed by atoms with Crippen LogP contribution < -0.4 is 4.74 Å². The van der Waals surface area contributed by atoms with Gasteiger partial charge in [-0.25, -0.2) is 0 Å². The molecule has 0 radical (unpaired) electrons. The van der Waals surface area contributed by atoms with Gasteiger partial charge < -0.3 is 4.74 Å². The fourth-order valence-corrected chi connectivity index (χ4v) is 4.22. The van der Waals surface area contributed by atoms with Crippen molar-refractivity contribution in [3.63, 3.8) is 0 Å². The molecule has 3 rings (SSSR count). The summed E-state index contributed by atoms with van der Waals surface area (Å²) in [6.45, 7) is 4.70. The van der Waals surface area contributed by atoms with E-state index in [9.17, 15) is 4.79 Å². The lowest BCUT2D eigenvalue weighted by Crippen LogP contribution is -2.20. The Labute approximate surface area is 151 Å². The van der Waals surface area contributed by atoms with Crippen LogP contribution in [0.4, 0.5) is 0 Å². The normalized spacial score (nSPS) is 23.8. The standard InChI is InChI=1S/C23H28O2/c1-3-6-19(4-2)20-8-10-22(11-9-20)25-17-18-7-5-13-23(15-18)14-12-21(24)16-23/h8-11,15,19H,4-5,7,12-14,16-17H2,1-2H3/t19-,23+/m1/s1. The molecule has 2 atom stereocenters. The molecular weight excluding hydrogens is 308 g/mol. The number of hydrogen-bond donors (Lipinski definition) is 0. The number of Topliss-reactive ketones (excluding diaryl/α,β-unsaturated/α-hetero) is 1. The first-order chi connectivity index (χ1) is 12.1. The SMILES string of the molecule is CC#C[C@@H](CC)c1ccc(OCC2=C[C@]3(CCC2)CCC(=O)C3)cc1. The van der Waals surface area contributed by atoms with E-state index in [2.05, 4.69) is 37.0 Å². The van der Waals surface area contributed by atoms with Gasteiger partial charge in [0.2, 0.25) is 0 Å². The maximum absolute atomic E-state index is 11.7. The molecule has 0 unspecified atom stereocenters. The van der Waals surface area contributed by atoms with E-state index >= 15 is 0 Å². The summed E-state index contributed by atoms with van der Waals surface area (Å²) in [6, 6.07) is 8.35. The summed E-state index contributed by atoms with van der Waals surface area (Å²) in [5.41, 5.74) is 2.75. The molecule has 1 saturated carbocycles. The third-order valence-electron chi connectivity index (χ3n) is 5.57. The zero-order valence-electron chi connectivity index (χ0n) is 15.4. The first-order valence-corrected chi connectivity index (χ1v) is 9.51. The molecular formula is C23H28O2. The molecule has 1 aromatic carbocycles. The number of carbonyl (C=O) groups is 1. The van der Waals surface area contributed by atoms with Crippen molar-refractivity contribution in [3.8, 4) is 17.6 Å². The summed E-state index contributed by atoms with van der Waals surface area (Å²) >= 11 is 0. The fraction of sp³-hybridized carbons (Fsp3) is 0.522. The van der Waals surface area contributed by atoms with Gasteiger partial charge in [0.1, 0.15) is 18.1 Å². The highest BCUT2D eigenvalue weighted by atomic mass is 16.5. The maximum Gasteiger partial charge on any atom is 0.133 e. The second kappa shape index (κ2) is 7.91. The average molecular weight is 336 g/mol. The molecule has 2 aliphatic rings. The largest absolute Gasteiger partial charge is 0.489 e. The maximum atomic E-state index is 11.7. The lowest BCUT2D eigenvalue weighted by molar-refractivity contribution is -0.117. The quantitative estimate of drug-likeness (QED) is 0.529. The van der Waals surface area contributed by atoms with Crippen LogP contribution in [0.5, 0.6) is 5.75 Å². The van der Waals surface area contributed by atoms with Crippen LogP contribution in [0.2, 0.25) is 0 Å². The van der Waals surface area contributed by atoms with Crippen molar-refractivity contribution < 1.29 is 9.53 Å². The number of hydrogen-bond acceptors (Lipinski definition) is 2. The van der Waals surface area contributed by atoms with Gasteiger partial charge in [-0.2, -0.15) is 0 Å². The summed E-state index contributed by atoms with van der Waals surface area (Å²) < 4.78 is 6.01. The van der Waals surface area contributed by atoms with Crippen LogP contribution in [0.3, 0.4) is 0 Å². The number of ether oxygens (including phenoxy) is 1. The van der Waals surface area contributed by atoms with Crippen molar-refractivity contribution in [1.29, 1.82) is 0 Å². The molecule has 1 spiro atoms. The second-order valence-corrected chi connectivity index (χ2v) is 7.45. The minimum absolute atomic E-state index is 0.144. The van der Waals surface area contributed by atoms with Crippen LogP contribution >= 0.6 is 0 Å².